The number of methoxy groups -OCH3 is 1. The minimum atomic E-state index is -0.117. The zero-order valence-electron chi connectivity index (χ0n) is 18.9. The lowest BCUT2D eigenvalue weighted by Crippen LogP contribution is -2.44. The molecular weight excluding hydrogens is 404 g/mol. The molecule has 2 N–H and O–H groups in total. The number of nitrogens with zero attached hydrogens (tertiary/aromatic N) is 2. The van der Waals surface area contributed by atoms with Gasteiger partial charge in [0.2, 0.25) is 0 Å². The van der Waals surface area contributed by atoms with Gasteiger partial charge in [-0.05, 0) is 49.9 Å². The molecular formula is C25H32N4O3. The van der Waals surface area contributed by atoms with Gasteiger partial charge >= 0.3 is 6.03 Å². The van der Waals surface area contributed by atoms with E-state index in [2.05, 4.69) is 17.2 Å². The van der Waals surface area contributed by atoms with Crippen LogP contribution >= 0.6 is 0 Å². The number of aromatic nitrogens is 1. The van der Waals surface area contributed by atoms with Gasteiger partial charge in [0, 0.05) is 37.8 Å². The number of carbonyl (C=O) groups is 2. The van der Waals surface area contributed by atoms with Crippen LogP contribution in [0.15, 0.2) is 49.1 Å². The molecule has 7 nitrogen and oxygen atoms in total. The van der Waals surface area contributed by atoms with E-state index >= 15 is 0 Å². The molecule has 0 aliphatic carbocycles. The topological polar surface area (TPSA) is 83.6 Å². The molecule has 170 valence electrons. The number of hydrogen-bond acceptors (Lipinski definition) is 4. The Morgan fingerprint density at radius 3 is 2.66 bits per heavy atom. The van der Waals surface area contributed by atoms with Crippen LogP contribution in [0.1, 0.15) is 46.1 Å². The Morgan fingerprint density at radius 1 is 1.19 bits per heavy atom. The van der Waals surface area contributed by atoms with E-state index in [0.717, 1.165) is 35.5 Å². The third-order valence-electron chi connectivity index (χ3n) is 5.75. The van der Waals surface area contributed by atoms with Gasteiger partial charge in [0.15, 0.2) is 0 Å². The molecule has 32 heavy (non-hydrogen) atoms. The minimum absolute atomic E-state index is 0.0742. The second-order valence-corrected chi connectivity index (χ2v) is 7.94. The maximum atomic E-state index is 13.0. The highest BCUT2D eigenvalue weighted by Crippen LogP contribution is 2.29. The molecule has 1 aromatic heterocycles. The molecule has 1 aliphatic rings. The summed E-state index contributed by atoms with van der Waals surface area (Å²) in [5, 5.41) is 5.85. The van der Waals surface area contributed by atoms with E-state index in [-0.39, 0.29) is 17.9 Å². The quantitative estimate of drug-likeness (QED) is 0.621. The second-order valence-electron chi connectivity index (χ2n) is 7.94. The first-order valence-corrected chi connectivity index (χ1v) is 11.0. The van der Waals surface area contributed by atoms with Gasteiger partial charge in [-0.2, -0.15) is 0 Å². The number of aryl methyl sites for hydroxylation is 1. The molecule has 1 aliphatic heterocycles. The lowest BCUT2D eigenvalue weighted by molar-refractivity contribution is 0.0951. The number of para-hydroxylation sites is 1. The Bertz CT molecular complexity index is 952. The maximum absolute atomic E-state index is 13.0. The Morgan fingerprint density at radius 2 is 1.94 bits per heavy atom. The number of nitrogens with one attached hydrogen (secondary N) is 2. The predicted octanol–water partition coefficient (Wildman–Crippen LogP) is 3.45. The number of pyridine rings is 1. The summed E-state index contributed by atoms with van der Waals surface area (Å²) in [5.41, 5.74) is 3.38. The number of benzene rings is 1. The van der Waals surface area contributed by atoms with Crippen molar-refractivity contribution in [2.75, 3.05) is 33.3 Å². The number of rotatable bonds is 8. The van der Waals surface area contributed by atoms with Gasteiger partial charge in [-0.3, -0.25) is 9.78 Å². The SMILES string of the molecule is C=CCNC(=O)N1CCC(c2nc(C)ccc2C(=O)NCCc2ccccc2OC)CC1. The van der Waals surface area contributed by atoms with Gasteiger partial charge in [-0.25, -0.2) is 4.79 Å². The highest BCUT2D eigenvalue weighted by molar-refractivity contribution is 5.95. The van der Waals surface area contributed by atoms with Crippen molar-refractivity contribution < 1.29 is 14.3 Å². The zero-order chi connectivity index (χ0) is 22.9. The Hall–Kier alpha value is -3.35. The van der Waals surface area contributed by atoms with Crippen LogP contribution in [0.5, 0.6) is 5.75 Å². The average Bonchev–Trinajstić information content (AvgIpc) is 2.82. The summed E-state index contributed by atoms with van der Waals surface area (Å²) < 4.78 is 5.39. The van der Waals surface area contributed by atoms with E-state index in [9.17, 15) is 9.59 Å². The van der Waals surface area contributed by atoms with Gasteiger partial charge < -0.3 is 20.3 Å². The second kappa shape index (κ2) is 11.3. The summed E-state index contributed by atoms with van der Waals surface area (Å²) in [6.45, 7) is 7.80. The molecule has 7 heteroatoms. The fraction of sp³-hybridized carbons (Fsp3) is 0.400. The van der Waals surface area contributed by atoms with Crippen LogP contribution in [0.25, 0.3) is 0 Å². The number of hydrogen-bond donors (Lipinski definition) is 2. The largest absolute Gasteiger partial charge is 0.496 e. The Kier molecular flexibility index (Phi) is 8.25. The van der Waals surface area contributed by atoms with Gasteiger partial charge in [-0.15, -0.1) is 6.58 Å². The van der Waals surface area contributed by atoms with Gasteiger partial charge in [0.05, 0.1) is 18.4 Å². The normalized spacial score (nSPS) is 14.0. The van der Waals surface area contributed by atoms with E-state index in [1.807, 2.05) is 48.2 Å². The van der Waals surface area contributed by atoms with Crippen LogP contribution < -0.4 is 15.4 Å². The molecule has 1 aromatic carbocycles. The summed E-state index contributed by atoms with van der Waals surface area (Å²) in [7, 11) is 1.65. The van der Waals surface area contributed by atoms with Gasteiger partial charge in [-0.1, -0.05) is 24.3 Å². The lowest BCUT2D eigenvalue weighted by atomic mass is 9.90. The van der Waals surface area contributed by atoms with Crippen molar-refractivity contribution in [3.05, 3.63) is 71.6 Å². The Labute approximate surface area is 189 Å². The molecule has 1 saturated heterocycles. The van der Waals surface area contributed by atoms with Crippen LogP contribution in [0, 0.1) is 6.92 Å². The molecule has 0 saturated carbocycles. The van der Waals surface area contributed by atoms with E-state index in [0.29, 0.717) is 38.2 Å². The monoisotopic (exact) mass is 436 g/mol. The highest BCUT2D eigenvalue weighted by Gasteiger charge is 2.27. The standard InChI is InChI=1S/C25H32N4O3/c1-4-14-27-25(31)29-16-12-20(13-17-29)23-21(10-9-18(2)28-23)24(30)26-15-11-19-7-5-6-8-22(19)32-3/h4-10,20H,1,11-17H2,2-3H3,(H,26,30)(H,27,31). The van der Waals surface area contributed by atoms with Crippen molar-refractivity contribution in [2.24, 2.45) is 0 Å². The smallest absolute Gasteiger partial charge is 0.317 e. The Balaban J connectivity index is 1.63. The fourth-order valence-corrected chi connectivity index (χ4v) is 4.02. The summed E-state index contributed by atoms with van der Waals surface area (Å²) in [4.78, 5) is 31.7. The summed E-state index contributed by atoms with van der Waals surface area (Å²) in [6, 6.07) is 11.5. The molecule has 0 bridgehead atoms. The molecule has 2 heterocycles. The summed E-state index contributed by atoms with van der Waals surface area (Å²) in [6.07, 6.45) is 3.90. The maximum Gasteiger partial charge on any atom is 0.317 e. The van der Waals surface area contributed by atoms with Crippen LogP contribution in [-0.2, 0) is 6.42 Å². The fourth-order valence-electron chi connectivity index (χ4n) is 4.02. The van der Waals surface area contributed by atoms with E-state index in [4.69, 9.17) is 9.72 Å². The first-order valence-electron chi connectivity index (χ1n) is 11.0. The van der Waals surface area contributed by atoms with Crippen molar-refractivity contribution in [3.8, 4) is 5.75 Å². The van der Waals surface area contributed by atoms with E-state index in [1.54, 1.807) is 13.2 Å². The van der Waals surface area contributed by atoms with Crippen molar-refractivity contribution in [1.82, 2.24) is 20.5 Å². The number of piperidine rings is 1. The van der Waals surface area contributed by atoms with Crippen LogP contribution in [0.3, 0.4) is 0 Å². The first-order chi connectivity index (χ1) is 15.5. The van der Waals surface area contributed by atoms with Crippen molar-refractivity contribution in [2.45, 2.75) is 32.1 Å². The van der Waals surface area contributed by atoms with Crippen LogP contribution in [0.2, 0.25) is 0 Å². The minimum Gasteiger partial charge on any atom is -0.496 e. The number of amides is 3. The lowest BCUT2D eigenvalue weighted by Gasteiger charge is -2.32. The number of urea groups is 1. The van der Waals surface area contributed by atoms with E-state index in [1.165, 1.54) is 0 Å². The molecule has 1 fully saturated rings. The number of ether oxygens (including phenoxy) is 1. The molecule has 3 rings (SSSR count). The van der Waals surface area contributed by atoms with Crippen LogP contribution in [-0.4, -0.2) is 55.1 Å². The third kappa shape index (κ3) is 5.87. The molecule has 0 spiro atoms. The number of likely N-dealkylation sites (tertiary alicyclic amines) is 1. The van der Waals surface area contributed by atoms with E-state index < -0.39 is 0 Å². The van der Waals surface area contributed by atoms with Crippen molar-refractivity contribution in [3.63, 3.8) is 0 Å². The predicted molar refractivity (Wildman–Crippen MR) is 125 cm³/mol. The summed E-state index contributed by atoms with van der Waals surface area (Å²) in [5.74, 6) is 0.852. The molecule has 0 radical (unpaired) electrons. The molecule has 3 amide bonds. The molecule has 0 atom stereocenters. The number of carbonyl (C=O) groups excluding carboxylic acids is 2. The molecule has 0 unspecified atom stereocenters. The average molecular weight is 437 g/mol. The van der Waals surface area contributed by atoms with Crippen molar-refractivity contribution in [1.29, 1.82) is 0 Å². The van der Waals surface area contributed by atoms with Gasteiger partial charge in [0.25, 0.3) is 5.91 Å². The zero-order valence-corrected chi connectivity index (χ0v) is 18.9. The first kappa shape index (κ1) is 23.3. The van der Waals surface area contributed by atoms with Gasteiger partial charge in [0.1, 0.15) is 5.75 Å². The third-order valence-corrected chi connectivity index (χ3v) is 5.75. The highest BCUT2D eigenvalue weighted by atomic mass is 16.5. The summed E-state index contributed by atoms with van der Waals surface area (Å²) >= 11 is 0. The van der Waals surface area contributed by atoms with Crippen molar-refractivity contribution >= 4 is 11.9 Å². The van der Waals surface area contributed by atoms with Crippen LogP contribution in [0.4, 0.5) is 4.79 Å². The molecule has 2 aromatic rings.